The van der Waals surface area contributed by atoms with Gasteiger partial charge >= 0.3 is 5.97 Å². The number of hydrogen-bond acceptors (Lipinski definition) is 5. The molecule has 0 saturated carbocycles. The first kappa shape index (κ1) is 18.4. The van der Waals surface area contributed by atoms with Crippen LogP contribution in [0.4, 0.5) is 4.39 Å². The highest BCUT2D eigenvalue weighted by Crippen LogP contribution is 2.32. The quantitative estimate of drug-likeness (QED) is 0.598. The Kier molecular flexibility index (Phi) is 6.04. The molecule has 1 N–H and O–H groups in total. The van der Waals surface area contributed by atoms with E-state index >= 15 is 0 Å². The van der Waals surface area contributed by atoms with Crippen LogP contribution in [0.25, 0.3) is 6.08 Å². The number of fused-ring (bicyclic) bond motifs is 1. The summed E-state index contributed by atoms with van der Waals surface area (Å²) in [6, 6.07) is 11.3. The zero-order valence-corrected chi connectivity index (χ0v) is 14.4. The van der Waals surface area contributed by atoms with Gasteiger partial charge in [0.25, 0.3) is 5.91 Å². The minimum Gasteiger partial charge on any atom is -0.454 e. The third kappa shape index (κ3) is 5.57. The third-order valence-electron chi connectivity index (χ3n) is 3.80. The Bertz CT molecular complexity index is 848. The lowest BCUT2D eigenvalue weighted by atomic mass is 10.1. The Hall–Kier alpha value is -3.35. The second-order valence-electron chi connectivity index (χ2n) is 5.78. The van der Waals surface area contributed by atoms with E-state index in [1.165, 1.54) is 18.2 Å². The van der Waals surface area contributed by atoms with Gasteiger partial charge in [0, 0.05) is 12.6 Å². The van der Waals surface area contributed by atoms with Gasteiger partial charge in [0.2, 0.25) is 6.79 Å². The molecule has 7 heteroatoms. The summed E-state index contributed by atoms with van der Waals surface area (Å²) in [5.41, 5.74) is 1.65. The third-order valence-corrected chi connectivity index (χ3v) is 3.80. The number of halogens is 1. The van der Waals surface area contributed by atoms with Crippen molar-refractivity contribution in [2.24, 2.45) is 0 Å². The topological polar surface area (TPSA) is 73.9 Å². The summed E-state index contributed by atoms with van der Waals surface area (Å²) in [5.74, 6) is -0.0510. The van der Waals surface area contributed by atoms with E-state index in [1.807, 2.05) is 0 Å². The number of carbonyl (C=O) groups is 2. The molecule has 0 bridgehead atoms. The van der Waals surface area contributed by atoms with E-state index in [0.717, 1.165) is 11.1 Å². The van der Waals surface area contributed by atoms with Crippen molar-refractivity contribution < 1.29 is 28.2 Å². The molecule has 0 unspecified atom stereocenters. The number of amides is 1. The molecule has 1 heterocycles. The minimum atomic E-state index is -0.624. The Morgan fingerprint density at radius 3 is 2.70 bits per heavy atom. The van der Waals surface area contributed by atoms with E-state index in [1.54, 1.807) is 36.4 Å². The van der Waals surface area contributed by atoms with Gasteiger partial charge in [-0.3, -0.25) is 4.79 Å². The Morgan fingerprint density at radius 2 is 1.89 bits per heavy atom. The van der Waals surface area contributed by atoms with E-state index in [0.29, 0.717) is 24.5 Å². The summed E-state index contributed by atoms with van der Waals surface area (Å²) in [5, 5.41) is 2.64. The predicted octanol–water partition coefficient (Wildman–Crippen LogP) is 2.47. The first-order valence-corrected chi connectivity index (χ1v) is 8.36. The van der Waals surface area contributed by atoms with Crippen LogP contribution in [0.15, 0.2) is 48.5 Å². The van der Waals surface area contributed by atoms with Gasteiger partial charge in [-0.1, -0.05) is 18.2 Å². The highest BCUT2D eigenvalue weighted by Gasteiger charge is 2.12. The molecule has 0 saturated heterocycles. The number of hydrogen-bond donors (Lipinski definition) is 1. The Labute approximate surface area is 155 Å². The lowest BCUT2D eigenvalue weighted by Crippen LogP contribution is -2.30. The number of nitrogens with one attached hydrogen (secondary N) is 1. The smallest absolute Gasteiger partial charge is 0.331 e. The van der Waals surface area contributed by atoms with Gasteiger partial charge in [0.05, 0.1) is 0 Å². The van der Waals surface area contributed by atoms with Crippen molar-refractivity contribution in [2.45, 2.75) is 6.42 Å². The van der Waals surface area contributed by atoms with Crippen molar-refractivity contribution in [1.82, 2.24) is 5.32 Å². The molecule has 1 aliphatic rings. The molecule has 140 valence electrons. The zero-order chi connectivity index (χ0) is 19.1. The van der Waals surface area contributed by atoms with Gasteiger partial charge in [-0.25, -0.2) is 9.18 Å². The maximum absolute atomic E-state index is 12.8. The average molecular weight is 371 g/mol. The largest absolute Gasteiger partial charge is 0.454 e. The van der Waals surface area contributed by atoms with Crippen LogP contribution >= 0.6 is 0 Å². The lowest BCUT2D eigenvalue weighted by Gasteiger charge is -2.05. The van der Waals surface area contributed by atoms with Gasteiger partial charge in [-0.2, -0.15) is 0 Å². The second kappa shape index (κ2) is 8.84. The van der Waals surface area contributed by atoms with E-state index in [4.69, 9.17) is 14.2 Å². The van der Waals surface area contributed by atoms with Crippen molar-refractivity contribution in [3.63, 3.8) is 0 Å². The van der Waals surface area contributed by atoms with Crippen LogP contribution in [-0.4, -0.2) is 31.8 Å². The fourth-order valence-electron chi connectivity index (χ4n) is 2.41. The van der Waals surface area contributed by atoms with Gasteiger partial charge in [-0.15, -0.1) is 0 Å². The molecule has 2 aromatic carbocycles. The van der Waals surface area contributed by atoms with Crippen LogP contribution in [0.3, 0.4) is 0 Å². The van der Waals surface area contributed by atoms with Crippen molar-refractivity contribution in [2.75, 3.05) is 19.9 Å². The summed E-state index contributed by atoms with van der Waals surface area (Å²) < 4.78 is 28.2. The molecule has 0 fully saturated rings. The predicted molar refractivity (Wildman–Crippen MR) is 95.7 cm³/mol. The molecule has 6 nitrogen and oxygen atoms in total. The van der Waals surface area contributed by atoms with E-state index in [9.17, 15) is 14.0 Å². The summed E-state index contributed by atoms with van der Waals surface area (Å²) in [7, 11) is 0. The zero-order valence-electron chi connectivity index (χ0n) is 14.4. The van der Waals surface area contributed by atoms with Crippen molar-refractivity contribution >= 4 is 18.0 Å². The SMILES string of the molecule is O=C(COC(=O)C=Cc1ccc2c(c1)OCO2)NCCc1ccc(F)cc1. The maximum atomic E-state index is 12.8. The molecule has 27 heavy (non-hydrogen) atoms. The van der Waals surface area contributed by atoms with Crippen molar-refractivity contribution in [3.8, 4) is 11.5 Å². The molecule has 1 aliphatic heterocycles. The molecular weight excluding hydrogens is 353 g/mol. The Morgan fingerprint density at radius 1 is 1.11 bits per heavy atom. The molecule has 3 rings (SSSR count). The molecule has 0 spiro atoms. The number of esters is 1. The number of rotatable bonds is 7. The average Bonchev–Trinajstić information content (AvgIpc) is 3.14. The first-order chi connectivity index (χ1) is 13.1. The lowest BCUT2D eigenvalue weighted by molar-refractivity contribution is -0.143. The summed E-state index contributed by atoms with van der Waals surface area (Å²) in [6.45, 7) is 0.184. The van der Waals surface area contributed by atoms with Crippen molar-refractivity contribution in [1.29, 1.82) is 0 Å². The van der Waals surface area contributed by atoms with Crippen LogP contribution < -0.4 is 14.8 Å². The molecule has 2 aromatic rings. The highest BCUT2D eigenvalue weighted by atomic mass is 19.1. The maximum Gasteiger partial charge on any atom is 0.331 e. The van der Waals surface area contributed by atoms with Crippen LogP contribution in [-0.2, 0) is 20.7 Å². The Balaban J connectivity index is 1.37. The number of ether oxygens (including phenoxy) is 3. The van der Waals surface area contributed by atoms with E-state index < -0.39 is 11.9 Å². The van der Waals surface area contributed by atoms with Gasteiger partial charge in [0.15, 0.2) is 18.1 Å². The normalized spacial score (nSPS) is 12.2. The minimum absolute atomic E-state index is 0.181. The van der Waals surface area contributed by atoms with Gasteiger partial charge in [-0.05, 0) is 47.9 Å². The summed E-state index contributed by atoms with van der Waals surface area (Å²) in [4.78, 5) is 23.4. The molecule has 0 atom stereocenters. The molecular formula is C20H18FNO5. The first-order valence-electron chi connectivity index (χ1n) is 8.36. The molecule has 1 amide bonds. The van der Waals surface area contributed by atoms with Crippen LogP contribution in [0.2, 0.25) is 0 Å². The summed E-state index contributed by atoms with van der Waals surface area (Å²) in [6.07, 6.45) is 3.37. The number of benzene rings is 2. The van der Waals surface area contributed by atoms with Gasteiger partial charge in [0.1, 0.15) is 5.82 Å². The monoisotopic (exact) mass is 371 g/mol. The van der Waals surface area contributed by atoms with Crippen LogP contribution in [0, 0.1) is 5.82 Å². The van der Waals surface area contributed by atoms with E-state index in [2.05, 4.69) is 5.32 Å². The molecule has 0 aromatic heterocycles. The highest BCUT2D eigenvalue weighted by molar-refractivity contribution is 5.89. The fraction of sp³-hybridized carbons (Fsp3) is 0.200. The standard InChI is InChI=1S/C20H18FNO5/c21-16-5-1-14(2-6-16)9-10-22-19(23)12-25-20(24)8-4-15-3-7-17-18(11-15)27-13-26-17/h1-8,11H,9-10,12-13H2,(H,22,23). The van der Waals surface area contributed by atoms with Crippen LogP contribution in [0.1, 0.15) is 11.1 Å². The molecule has 0 radical (unpaired) electrons. The fourth-order valence-corrected chi connectivity index (χ4v) is 2.41. The second-order valence-corrected chi connectivity index (χ2v) is 5.78. The van der Waals surface area contributed by atoms with Crippen molar-refractivity contribution in [3.05, 3.63) is 65.5 Å². The summed E-state index contributed by atoms with van der Waals surface area (Å²) >= 11 is 0. The van der Waals surface area contributed by atoms with Gasteiger partial charge < -0.3 is 19.5 Å². The van der Waals surface area contributed by atoms with Crippen LogP contribution in [0.5, 0.6) is 11.5 Å². The molecule has 0 aliphatic carbocycles. The number of carbonyl (C=O) groups excluding carboxylic acids is 2. The van der Waals surface area contributed by atoms with E-state index in [-0.39, 0.29) is 19.2 Å².